The standard InChI is InChI=1S/C24H25N5O9S2/c1-17-2-10-21(11-3-17)39(35,36)27-24(31)25-19-6-12-22(13-7-19)40(37,38)28(15-14-23(30)26-32)16-18-4-8-20(9-5-18)29(33)34/h2-13,32H,14-16H2,1H3,(H,26,30)(H2,25,27,31). The summed E-state index contributed by atoms with van der Waals surface area (Å²) < 4.78 is 54.3. The lowest BCUT2D eigenvalue weighted by Crippen LogP contribution is -2.35. The van der Waals surface area contributed by atoms with Gasteiger partial charge in [-0.3, -0.25) is 20.1 Å². The topological polar surface area (TPSA) is 205 Å². The molecule has 0 aromatic heterocycles. The number of sulfonamides is 2. The molecule has 16 heteroatoms. The molecule has 3 amide bonds. The number of carbonyl (C=O) groups is 2. The number of urea groups is 1. The molecule has 3 rings (SSSR count). The molecule has 14 nitrogen and oxygen atoms in total. The van der Waals surface area contributed by atoms with Crippen molar-refractivity contribution in [1.29, 1.82) is 0 Å². The summed E-state index contributed by atoms with van der Waals surface area (Å²) in [7, 11) is -8.37. The summed E-state index contributed by atoms with van der Waals surface area (Å²) in [5.74, 6) is -0.824. The summed E-state index contributed by atoms with van der Waals surface area (Å²) in [6.45, 7) is 1.21. The summed E-state index contributed by atoms with van der Waals surface area (Å²) in [6.07, 6.45) is -0.377. The lowest BCUT2D eigenvalue weighted by Gasteiger charge is -2.22. The number of rotatable bonds is 11. The average Bonchev–Trinajstić information content (AvgIpc) is 2.91. The van der Waals surface area contributed by atoms with Crippen LogP contribution in [0.25, 0.3) is 0 Å². The molecule has 4 N–H and O–H groups in total. The Labute approximate surface area is 229 Å². The number of nitro groups is 1. The Hall–Kier alpha value is -4.38. The van der Waals surface area contributed by atoms with Crippen molar-refractivity contribution in [3.63, 3.8) is 0 Å². The van der Waals surface area contributed by atoms with Gasteiger partial charge in [-0.25, -0.2) is 31.8 Å². The number of hydroxylamine groups is 1. The van der Waals surface area contributed by atoms with E-state index in [9.17, 15) is 36.5 Å². The van der Waals surface area contributed by atoms with Crippen LogP contribution in [0.4, 0.5) is 16.2 Å². The van der Waals surface area contributed by atoms with Crippen molar-refractivity contribution in [2.45, 2.75) is 29.7 Å². The van der Waals surface area contributed by atoms with Crippen LogP contribution < -0.4 is 15.5 Å². The molecule has 0 aliphatic rings. The van der Waals surface area contributed by atoms with Crippen molar-refractivity contribution in [3.05, 3.63) is 94.0 Å². The summed E-state index contributed by atoms with van der Waals surface area (Å²) in [5.41, 5.74) is 2.58. The Balaban J connectivity index is 1.75. The molecule has 0 heterocycles. The van der Waals surface area contributed by atoms with Gasteiger partial charge in [0.25, 0.3) is 15.7 Å². The van der Waals surface area contributed by atoms with Crippen molar-refractivity contribution < 1.29 is 36.6 Å². The Morgan fingerprint density at radius 3 is 2.02 bits per heavy atom. The average molecular weight is 592 g/mol. The van der Waals surface area contributed by atoms with Gasteiger partial charge in [0.1, 0.15) is 0 Å². The fourth-order valence-electron chi connectivity index (χ4n) is 3.41. The second-order valence-electron chi connectivity index (χ2n) is 8.44. The first kappa shape index (κ1) is 30.2. The van der Waals surface area contributed by atoms with Gasteiger partial charge in [-0.1, -0.05) is 29.8 Å². The van der Waals surface area contributed by atoms with Gasteiger partial charge in [0, 0.05) is 37.3 Å². The first-order valence-electron chi connectivity index (χ1n) is 11.5. The maximum absolute atomic E-state index is 13.4. The second kappa shape index (κ2) is 12.6. The second-order valence-corrected chi connectivity index (χ2v) is 12.1. The van der Waals surface area contributed by atoms with E-state index in [2.05, 4.69) is 5.32 Å². The molecule has 3 aromatic rings. The number of amides is 3. The predicted octanol–water partition coefficient (Wildman–Crippen LogP) is 2.50. The van der Waals surface area contributed by atoms with Crippen molar-refractivity contribution in [3.8, 4) is 0 Å². The number of nitrogens with zero attached hydrogens (tertiary/aromatic N) is 2. The third-order valence-corrected chi connectivity index (χ3v) is 8.73. The van der Waals surface area contributed by atoms with Crippen LogP contribution in [0.15, 0.2) is 82.6 Å². The number of aryl methyl sites for hydroxylation is 1. The Kier molecular flexibility index (Phi) is 9.54. The smallest absolute Gasteiger partial charge is 0.307 e. The number of benzene rings is 3. The summed E-state index contributed by atoms with van der Waals surface area (Å²) >= 11 is 0. The summed E-state index contributed by atoms with van der Waals surface area (Å²) in [6, 6.07) is 14.8. The zero-order valence-corrected chi connectivity index (χ0v) is 22.6. The Morgan fingerprint density at radius 2 is 1.48 bits per heavy atom. The van der Waals surface area contributed by atoms with E-state index in [1.807, 2.05) is 4.72 Å². The van der Waals surface area contributed by atoms with Gasteiger partial charge in [0.2, 0.25) is 15.9 Å². The van der Waals surface area contributed by atoms with Gasteiger partial charge in [-0.2, -0.15) is 4.31 Å². The monoisotopic (exact) mass is 591 g/mol. The fourth-order valence-corrected chi connectivity index (χ4v) is 5.74. The van der Waals surface area contributed by atoms with E-state index >= 15 is 0 Å². The number of carbonyl (C=O) groups excluding carboxylic acids is 2. The molecule has 0 atom stereocenters. The molecule has 0 unspecified atom stereocenters. The molecule has 0 bridgehead atoms. The summed E-state index contributed by atoms with van der Waals surface area (Å²) in [4.78, 5) is 33.8. The Morgan fingerprint density at radius 1 is 0.900 bits per heavy atom. The first-order valence-corrected chi connectivity index (χ1v) is 14.4. The number of nitrogens with one attached hydrogen (secondary N) is 3. The molecule has 0 aliphatic heterocycles. The highest BCUT2D eigenvalue weighted by Gasteiger charge is 2.26. The van der Waals surface area contributed by atoms with E-state index in [1.165, 1.54) is 66.1 Å². The van der Waals surface area contributed by atoms with Crippen LogP contribution in [-0.2, 0) is 31.4 Å². The van der Waals surface area contributed by atoms with Crippen LogP contribution in [0.3, 0.4) is 0 Å². The minimum Gasteiger partial charge on any atom is -0.307 e. The minimum absolute atomic E-state index is 0.0946. The highest BCUT2D eigenvalue weighted by atomic mass is 32.2. The van der Waals surface area contributed by atoms with Crippen LogP contribution in [0.1, 0.15) is 17.5 Å². The number of nitro benzene ring substituents is 1. The fraction of sp³-hybridized carbons (Fsp3) is 0.167. The molecule has 3 aromatic carbocycles. The van der Waals surface area contributed by atoms with Gasteiger partial charge < -0.3 is 5.32 Å². The quantitative estimate of drug-likeness (QED) is 0.147. The normalized spacial score (nSPS) is 11.6. The molecular formula is C24H25N5O9S2. The van der Waals surface area contributed by atoms with Crippen LogP contribution >= 0.6 is 0 Å². The maximum Gasteiger partial charge on any atom is 0.333 e. The largest absolute Gasteiger partial charge is 0.333 e. The third-order valence-electron chi connectivity index (χ3n) is 5.53. The van der Waals surface area contributed by atoms with Crippen LogP contribution in [-0.4, -0.2) is 49.8 Å². The Bertz CT molecular complexity index is 1590. The van der Waals surface area contributed by atoms with E-state index in [0.29, 0.717) is 5.56 Å². The molecular weight excluding hydrogens is 566 g/mol. The van der Waals surface area contributed by atoms with E-state index in [1.54, 1.807) is 19.1 Å². The highest BCUT2D eigenvalue weighted by molar-refractivity contribution is 7.90. The van der Waals surface area contributed by atoms with E-state index in [-0.39, 0.29) is 40.7 Å². The van der Waals surface area contributed by atoms with Crippen molar-refractivity contribution in [2.24, 2.45) is 0 Å². The summed E-state index contributed by atoms with van der Waals surface area (Å²) in [5, 5.41) is 22.0. The van der Waals surface area contributed by atoms with Gasteiger partial charge in [0.15, 0.2) is 0 Å². The zero-order chi connectivity index (χ0) is 29.5. The predicted molar refractivity (Wildman–Crippen MR) is 142 cm³/mol. The molecule has 0 spiro atoms. The lowest BCUT2D eigenvalue weighted by molar-refractivity contribution is -0.384. The highest BCUT2D eigenvalue weighted by Crippen LogP contribution is 2.22. The van der Waals surface area contributed by atoms with Gasteiger partial charge in [-0.05, 0) is 48.9 Å². The molecule has 0 radical (unpaired) electrons. The number of non-ortho nitro benzene ring substituents is 1. The zero-order valence-electron chi connectivity index (χ0n) is 21.0. The number of anilines is 1. The van der Waals surface area contributed by atoms with Gasteiger partial charge in [0.05, 0.1) is 14.7 Å². The van der Waals surface area contributed by atoms with Crippen molar-refractivity contribution >= 4 is 43.4 Å². The van der Waals surface area contributed by atoms with Crippen LogP contribution in [0.2, 0.25) is 0 Å². The SMILES string of the molecule is Cc1ccc(S(=O)(=O)NC(=O)Nc2ccc(S(=O)(=O)N(CCC(=O)NO)Cc3ccc([N+](=O)[O-])cc3)cc2)cc1. The molecule has 212 valence electrons. The van der Waals surface area contributed by atoms with E-state index in [0.717, 1.165) is 9.87 Å². The third kappa shape index (κ3) is 7.82. The van der Waals surface area contributed by atoms with Gasteiger partial charge >= 0.3 is 6.03 Å². The molecule has 0 aliphatic carbocycles. The number of hydrogen-bond donors (Lipinski definition) is 4. The molecule has 0 saturated heterocycles. The minimum atomic E-state index is -4.23. The van der Waals surface area contributed by atoms with Crippen molar-refractivity contribution in [2.75, 3.05) is 11.9 Å². The van der Waals surface area contributed by atoms with Crippen molar-refractivity contribution in [1.82, 2.24) is 14.5 Å². The lowest BCUT2D eigenvalue weighted by atomic mass is 10.2. The van der Waals surface area contributed by atoms with E-state index in [4.69, 9.17) is 5.21 Å². The van der Waals surface area contributed by atoms with Crippen LogP contribution in [0.5, 0.6) is 0 Å². The van der Waals surface area contributed by atoms with Gasteiger partial charge in [-0.15, -0.1) is 0 Å². The maximum atomic E-state index is 13.4. The molecule has 40 heavy (non-hydrogen) atoms. The molecule has 0 saturated carbocycles. The van der Waals surface area contributed by atoms with Crippen LogP contribution in [0, 0.1) is 17.0 Å². The van der Waals surface area contributed by atoms with E-state index < -0.39 is 36.9 Å². The number of hydrogen-bond acceptors (Lipinski definition) is 9. The molecule has 0 fully saturated rings. The first-order chi connectivity index (χ1) is 18.8.